The van der Waals surface area contributed by atoms with Crippen molar-refractivity contribution in [2.24, 2.45) is 0 Å². The predicted molar refractivity (Wildman–Crippen MR) is 63.8 cm³/mol. The molecule has 0 atom stereocenters. The molecule has 0 fully saturated rings. The number of hydrogen-bond donors (Lipinski definition) is 1. The second-order valence-corrected chi connectivity index (χ2v) is 4.02. The smallest absolute Gasteiger partial charge is 0.193 e. The molecule has 1 heterocycles. The van der Waals surface area contributed by atoms with Gasteiger partial charge in [-0.2, -0.15) is 0 Å². The molecule has 0 saturated heterocycles. The van der Waals surface area contributed by atoms with E-state index in [-0.39, 0.29) is 0 Å². The van der Waals surface area contributed by atoms with Crippen molar-refractivity contribution in [3.8, 4) is 5.75 Å². The summed E-state index contributed by atoms with van der Waals surface area (Å²) >= 11 is 1.70. The minimum Gasteiger partial charge on any atom is -0.490 e. The van der Waals surface area contributed by atoms with E-state index < -0.39 is 0 Å². The number of hydrogen-bond acceptors (Lipinski definition) is 5. The summed E-state index contributed by atoms with van der Waals surface area (Å²) in [6, 6.07) is 0. The minimum atomic E-state index is 0.748. The molecule has 4 nitrogen and oxygen atoms in total. The van der Waals surface area contributed by atoms with E-state index in [1.54, 1.807) is 25.2 Å². The molecule has 1 aromatic heterocycles. The molecule has 0 saturated carbocycles. The van der Waals surface area contributed by atoms with Crippen molar-refractivity contribution in [2.75, 3.05) is 24.7 Å². The number of nitrogens with zero attached hydrogens (tertiary/aromatic N) is 2. The van der Waals surface area contributed by atoms with Gasteiger partial charge in [-0.25, -0.2) is 9.97 Å². The fraction of sp³-hybridized carbons (Fsp3) is 0.600. The van der Waals surface area contributed by atoms with Crippen LogP contribution in [0, 0.1) is 0 Å². The molecule has 1 rings (SSSR count). The highest BCUT2D eigenvalue weighted by Crippen LogP contribution is 2.32. The van der Waals surface area contributed by atoms with Gasteiger partial charge in [0.05, 0.1) is 7.11 Å². The van der Waals surface area contributed by atoms with E-state index >= 15 is 0 Å². The van der Waals surface area contributed by atoms with Gasteiger partial charge in [-0.15, -0.1) is 11.8 Å². The summed E-state index contributed by atoms with van der Waals surface area (Å²) in [5.74, 6) is 2.56. The lowest BCUT2D eigenvalue weighted by Crippen LogP contribution is -2.04. The number of anilines is 1. The first-order valence-corrected chi connectivity index (χ1v) is 6.07. The van der Waals surface area contributed by atoms with Gasteiger partial charge in [0, 0.05) is 6.54 Å². The van der Waals surface area contributed by atoms with Crippen molar-refractivity contribution >= 4 is 17.6 Å². The van der Waals surface area contributed by atoms with Crippen molar-refractivity contribution < 1.29 is 4.74 Å². The van der Waals surface area contributed by atoms with E-state index in [1.165, 1.54) is 0 Å². The van der Waals surface area contributed by atoms with Crippen LogP contribution in [0.25, 0.3) is 0 Å². The number of nitrogens with one attached hydrogen (secondary N) is 1. The maximum Gasteiger partial charge on any atom is 0.193 e. The molecule has 15 heavy (non-hydrogen) atoms. The van der Waals surface area contributed by atoms with E-state index in [9.17, 15) is 0 Å². The SMILES string of the molecule is CCCSc1ncnc(NCC)c1OC. The van der Waals surface area contributed by atoms with Crippen LogP contribution in [-0.2, 0) is 0 Å². The Labute approximate surface area is 94.8 Å². The van der Waals surface area contributed by atoms with Crippen molar-refractivity contribution in [1.29, 1.82) is 0 Å². The van der Waals surface area contributed by atoms with Crippen LogP contribution in [0.3, 0.4) is 0 Å². The molecule has 0 amide bonds. The summed E-state index contributed by atoms with van der Waals surface area (Å²) in [6.07, 6.45) is 2.69. The van der Waals surface area contributed by atoms with Crippen LogP contribution in [0.5, 0.6) is 5.75 Å². The van der Waals surface area contributed by atoms with Crippen LogP contribution in [-0.4, -0.2) is 29.4 Å². The normalized spacial score (nSPS) is 10.1. The largest absolute Gasteiger partial charge is 0.490 e. The first-order chi connectivity index (χ1) is 7.33. The average Bonchev–Trinajstić information content (AvgIpc) is 2.27. The van der Waals surface area contributed by atoms with Gasteiger partial charge in [-0.05, 0) is 19.1 Å². The van der Waals surface area contributed by atoms with Crippen LogP contribution < -0.4 is 10.1 Å². The monoisotopic (exact) mass is 227 g/mol. The lowest BCUT2D eigenvalue weighted by Gasteiger charge is -2.11. The third-order valence-corrected chi connectivity index (χ3v) is 2.94. The van der Waals surface area contributed by atoms with E-state index in [2.05, 4.69) is 22.2 Å². The zero-order valence-corrected chi connectivity index (χ0v) is 10.2. The maximum atomic E-state index is 5.32. The maximum absolute atomic E-state index is 5.32. The Bertz CT molecular complexity index is 307. The quantitative estimate of drug-likeness (QED) is 0.597. The minimum absolute atomic E-state index is 0.748. The first-order valence-electron chi connectivity index (χ1n) is 5.09. The van der Waals surface area contributed by atoms with Crippen LogP contribution in [0.4, 0.5) is 5.82 Å². The number of ether oxygens (including phenoxy) is 1. The molecule has 0 aromatic carbocycles. The third kappa shape index (κ3) is 3.27. The van der Waals surface area contributed by atoms with E-state index in [0.29, 0.717) is 0 Å². The summed E-state index contributed by atoms with van der Waals surface area (Å²) < 4.78 is 5.32. The Hall–Kier alpha value is -0.970. The number of thioether (sulfide) groups is 1. The lowest BCUT2D eigenvalue weighted by atomic mass is 10.5. The van der Waals surface area contributed by atoms with Gasteiger partial charge in [0.2, 0.25) is 0 Å². The molecule has 0 radical (unpaired) electrons. The van der Waals surface area contributed by atoms with E-state index in [4.69, 9.17) is 4.74 Å². The highest BCUT2D eigenvalue weighted by atomic mass is 32.2. The van der Waals surface area contributed by atoms with Gasteiger partial charge in [-0.3, -0.25) is 0 Å². The summed E-state index contributed by atoms with van der Waals surface area (Å²) in [7, 11) is 1.65. The van der Waals surface area contributed by atoms with Gasteiger partial charge in [0.15, 0.2) is 11.6 Å². The molecule has 0 spiro atoms. The van der Waals surface area contributed by atoms with Crippen LogP contribution in [0.2, 0.25) is 0 Å². The summed E-state index contributed by atoms with van der Waals surface area (Å²) in [5.41, 5.74) is 0. The topological polar surface area (TPSA) is 47.0 Å². The zero-order chi connectivity index (χ0) is 11.1. The summed E-state index contributed by atoms with van der Waals surface area (Å²) in [4.78, 5) is 8.36. The Morgan fingerprint density at radius 3 is 2.80 bits per heavy atom. The second kappa shape index (κ2) is 6.50. The molecular formula is C10H17N3OS. The van der Waals surface area contributed by atoms with E-state index in [0.717, 1.165) is 35.3 Å². The summed E-state index contributed by atoms with van der Waals surface area (Å²) in [6.45, 7) is 5.00. The molecule has 0 bridgehead atoms. The Balaban J connectivity index is 2.88. The van der Waals surface area contributed by atoms with Gasteiger partial charge < -0.3 is 10.1 Å². The predicted octanol–water partition coefficient (Wildman–Crippen LogP) is 2.42. The fourth-order valence-corrected chi connectivity index (χ4v) is 1.97. The van der Waals surface area contributed by atoms with Gasteiger partial charge in [-0.1, -0.05) is 6.92 Å². The lowest BCUT2D eigenvalue weighted by molar-refractivity contribution is 0.400. The molecule has 1 aromatic rings. The number of methoxy groups -OCH3 is 1. The first kappa shape index (κ1) is 12.1. The molecule has 84 valence electrons. The molecule has 0 aliphatic heterocycles. The van der Waals surface area contributed by atoms with Gasteiger partial charge in [0.1, 0.15) is 11.4 Å². The average molecular weight is 227 g/mol. The standard InChI is InChI=1S/C10H17N3OS/c1-4-6-15-10-8(14-3)9(11-5-2)12-7-13-10/h7H,4-6H2,1-3H3,(H,11,12,13). The highest BCUT2D eigenvalue weighted by molar-refractivity contribution is 7.99. The molecule has 0 aliphatic rings. The molecule has 5 heteroatoms. The molecule has 0 unspecified atom stereocenters. The molecular weight excluding hydrogens is 210 g/mol. The zero-order valence-electron chi connectivity index (χ0n) is 9.41. The van der Waals surface area contributed by atoms with Crippen molar-refractivity contribution in [2.45, 2.75) is 25.3 Å². The van der Waals surface area contributed by atoms with Crippen LogP contribution in [0.1, 0.15) is 20.3 Å². The summed E-state index contributed by atoms with van der Waals surface area (Å²) in [5, 5.41) is 4.06. The van der Waals surface area contributed by atoms with Gasteiger partial charge >= 0.3 is 0 Å². The van der Waals surface area contributed by atoms with Crippen molar-refractivity contribution in [3.05, 3.63) is 6.33 Å². The van der Waals surface area contributed by atoms with Gasteiger partial charge in [0.25, 0.3) is 0 Å². The van der Waals surface area contributed by atoms with Crippen LogP contribution in [0.15, 0.2) is 11.4 Å². The third-order valence-electron chi connectivity index (χ3n) is 1.76. The highest BCUT2D eigenvalue weighted by Gasteiger charge is 2.11. The number of rotatable bonds is 6. The number of aromatic nitrogens is 2. The second-order valence-electron chi connectivity index (χ2n) is 2.94. The van der Waals surface area contributed by atoms with E-state index in [1.807, 2.05) is 6.92 Å². The Kier molecular flexibility index (Phi) is 5.25. The molecule has 0 aliphatic carbocycles. The fourth-order valence-electron chi connectivity index (χ4n) is 1.14. The molecule has 1 N–H and O–H groups in total. The Morgan fingerprint density at radius 2 is 2.20 bits per heavy atom. The Morgan fingerprint density at radius 1 is 1.40 bits per heavy atom. The van der Waals surface area contributed by atoms with Crippen molar-refractivity contribution in [3.63, 3.8) is 0 Å². The van der Waals surface area contributed by atoms with Crippen LogP contribution >= 0.6 is 11.8 Å². The van der Waals surface area contributed by atoms with Crippen molar-refractivity contribution in [1.82, 2.24) is 9.97 Å².